The first-order valence-electron chi connectivity index (χ1n) is 10.7. The van der Waals surface area contributed by atoms with Gasteiger partial charge in [-0.15, -0.1) is 0 Å². The van der Waals surface area contributed by atoms with Gasteiger partial charge in [0.15, 0.2) is 0 Å². The van der Waals surface area contributed by atoms with Crippen LogP contribution in [0.15, 0.2) is 60.7 Å². The first kappa shape index (κ1) is 20.3. The third-order valence-corrected chi connectivity index (χ3v) is 9.22. The summed E-state index contributed by atoms with van der Waals surface area (Å²) in [5.74, 6) is 0.646. The summed E-state index contributed by atoms with van der Waals surface area (Å²) in [6, 6.07) is 21.4. The predicted octanol–water partition coefficient (Wildman–Crippen LogP) is 5.05. The van der Waals surface area contributed by atoms with E-state index >= 15 is 0 Å². The molecule has 2 unspecified atom stereocenters. The van der Waals surface area contributed by atoms with Crippen LogP contribution >= 0.6 is 0 Å². The molecule has 0 aromatic heterocycles. The van der Waals surface area contributed by atoms with Crippen molar-refractivity contribution in [2.75, 3.05) is 6.61 Å². The molecule has 1 aliphatic rings. The van der Waals surface area contributed by atoms with Crippen molar-refractivity contribution in [1.82, 2.24) is 0 Å². The Balaban J connectivity index is 2.02. The van der Waals surface area contributed by atoms with E-state index in [0.29, 0.717) is 12.0 Å². The predicted molar refractivity (Wildman–Crippen MR) is 116 cm³/mol. The molecule has 27 heavy (non-hydrogen) atoms. The van der Waals surface area contributed by atoms with Crippen LogP contribution in [0.3, 0.4) is 0 Å². The zero-order valence-corrected chi connectivity index (χ0v) is 17.9. The highest BCUT2D eigenvalue weighted by Gasteiger charge is 2.46. The van der Waals surface area contributed by atoms with E-state index < -0.39 is 8.56 Å². The molecule has 3 heteroatoms. The molecule has 0 bridgehead atoms. The van der Waals surface area contributed by atoms with Crippen LogP contribution in [0.4, 0.5) is 0 Å². The molecule has 0 spiro atoms. The van der Waals surface area contributed by atoms with Gasteiger partial charge in [-0.05, 0) is 35.6 Å². The summed E-state index contributed by atoms with van der Waals surface area (Å²) in [6.07, 6.45) is 8.73. The monoisotopic (exact) mass is 382 g/mol. The molecule has 146 valence electrons. The summed E-state index contributed by atoms with van der Waals surface area (Å²) in [6.45, 7) is 5.28. The van der Waals surface area contributed by atoms with Crippen molar-refractivity contribution in [2.24, 2.45) is 5.92 Å². The van der Waals surface area contributed by atoms with E-state index in [9.17, 15) is 0 Å². The second-order valence-electron chi connectivity index (χ2n) is 7.66. The topological polar surface area (TPSA) is 18.5 Å². The van der Waals surface area contributed by atoms with Gasteiger partial charge in [0.25, 0.3) is 0 Å². The largest absolute Gasteiger partial charge is 0.407 e. The Labute approximate surface area is 166 Å². The lowest BCUT2D eigenvalue weighted by molar-refractivity contribution is 0.0545. The van der Waals surface area contributed by atoms with Crippen molar-refractivity contribution in [3.8, 4) is 0 Å². The fourth-order valence-corrected chi connectivity index (χ4v) is 7.63. The molecule has 2 aromatic carbocycles. The van der Waals surface area contributed by atoms with Crippen LogP contribution in [0.5, 0.6) is 0 Å². The van der Waals surface area contributed by atoms with Crippen molar-refractivity contribution in [2.45, 2.75) is 64.9 Å². The van der Waals surface area contributed by atoms with Gasteiger partial charge in [-0.25, -0.2) is 0 Å². The smallest absolute Gasteiger partial charge is 0.388 e. The second kappa shape index (κ2) is 10.2. The van der Waals surface area contributed by atoms with Gasteiger partial charge in [-0.2, -0.15) is 0 Å². The molecule has 3 rings (SSSR count). The Kier molecular flexibility index (Phi) is 7.68. The Morgan fingerprint density at radius 1 is 0.852 bits per heavy atom. The molecule has 0 radical (unpaired) electrons. The lowest BCUT2D eigenvalue weighted by Gasteiger charge is -2.40. The van der Waals surface area contributed by atoms with Crippen LogP contribution in [0.2, 0.25) is 0 Å². The van der Waals surface area contributed by atoms with E-state index in [4.69, 9.17) is 8.85 Å². The van der Waals surface area contributed by atoms with Crippen LogP contribution in [0, 0.1) is 5.92 Å². The van der Waals surface area contributed by atoms with Gasteiger partial charge >= 0.3 is 8.56 Å². The van der Waals surface area contributed by atoms with Gasteiger partial charge < -0.3 is 8.85 Å². The SMILES string of the molecule is CCCCO[Si](OC1CCCCC1CC)(c1ccccc1)c1ccccc1. The molecule has 1 saturated carbocycles. The highest BCUT2D eigenvalue weighted by molar-refractivity contribution is 6.92. The van der Waals surface area contributed by atoms with Crippen molar-refractivity contribution in [1.29, 1.82) is 0 Å². The van der Waals surface area contributed by atoms with Crippen molar-refractivity contribution in [3.63, 3.8) is 0 Å². The van der Waals surface area contributed by atoms with Crippen LogP contribution in [0.1, 0.15) is 58.8 Å². The van der Waals surface area contributed by atoms with Crippen molar-refractivity contribution < 1.29 is 8.85 Å². The van der Waals surface area contributed by atoms with E-state index in [1.807, 2.05) is 0 Å². The number of unbranched alkanes of at least 4 members (excludes halogenated alkanes) is 1. The number of benzene rings is 2. The van der Waals surface area contributed by atoms with E-state index in [1.54, 1.807) is 0 Å². The minimum atomic E-state index is -2.73. The van der Waals surface area contributed by atoms with Gasteiger partial charge in [0.1, 0.15) is 0 Å². The van der Waals surface area contributed by atoms with E-state index in [-0.39, 0.29) is 0 Å². The molecule has 1 aliphatic carbocycles. The lowest BCUT2D eigenvalue weighted by atomic mass is 9.85. The summed E-state index contributed by atoms with van der Waals surface area (Å²) in [7, 11) is -2.73. The zero-order valence-electron chi connectivity index (χ0n) is 16.9. The normalized spacial score (nSPS) is 20.5. The second-order valence-corrected chi connectivity index (χ2v) is 10.6. The standard InChI is InChI=1S/C24H34O2Si/c1-3-5-20-25-27(22-15-8-6-9-16-22,23-17-10-7-11-18-23)26-24-19-13-12-14-21(24)4-2/h6-11,15-18,21,24H,3-5,12-14,19-20H2,1-2H3. The lowest BCUT2D eigenvalue weighted by Crippen LogP contribution is -2.65. The molecule has 2 atom stereocenters. The van der Waals surface area contributed by atoms with Gasteiger partial charge in [-0.3, -0.25) is 0 Å². The molecule has 0 aliphatic heterocycles. The molecule has 0 amide bonds. The molecule has 0 saturated heterocycles. The quantitative estimate of drug-likeness (QED) is 0.446. The number of hydrogen-bond acceptors (Lipinski definition) is 2. The third kappa shape index (κ3) is 4.90. The van der Waals surface area contributed by atoms with E-state index in [2.05, 4.69) is 74.5 Å². The summed E-state index contributed by atoms with van der Waals surface area (Å²) >= 11 is 0. The van der Waals surface area contributed by atoms with E-state index in [1.165, 1.54) is 36.1 Å². The average Bonchev–Trinajstić information content (AvgIpc) is 2.75. The fraction of sp³-hybridized carbons (Fsp3) is 0.500. The zero-order chi connectivity index (χ0) is 19.0. The minimum absolute atomic E-state index is 0.303. The van der Waals surface area contributed by atoms with E-state index in [0.717, 1.165) is 25.9 Å². The fourth-order valence-electron chi connectivity index (χ4n) is 4.19. The molecule has 2 aromatic rings. The van der Waals surface area contributed by atoms with Crippen LogP contribution < -0.4 is 10.4 Å². The Morgan fingerprint density at radius 3 is 2.00 bits per heavy atom. The first-order valence-corrected chi connectivity index (χ1v) is 12.5. The molecular formula is C24H34O2Si. The highest BCUT2D eigenvalue weighted by atomic mass is 28.4. The summed E-state index contributed by atoms with van der Waals surface area (Å²) in [4.78, 5) is 0. The third-order valence-electron chi connectivity index (χ3n) is 5.79. The van der Waals surface area contributed by atoms with Gasteiger partial charge in [0.2, 0.25) is 0 Å². The van der Waals surface area contributed by atoms with Crippen LogP contribution in [-0.2, 0) is 8.85 Å². The highest BCUT2D eigenvalue weighted by Crippen LogP contribution is 2.31. The van der Waals surface area contributed by atoms with Crippen molar-refractivity contribution >= 4 is 18.9 Å². The summed E-state index contributed by atoms with van der Waals surface area (Å²) < 4.78 is 13.9. The molecular weight excluding hydrogens is 348 g/mol. The maximum atomic E-state index is 7.12. The summed E-state index contributed by atoms with van der Waals surface area (Å²) in [5.41, 5.74) is 0. The van der Waals surface area contributed by atoms with Crippen LogP contribution in [0.25, 0.3) is 0 Å². The van der Waals surface area contributed by atoms with Crippen molar-refractivity contribution in [3.05, 3.63) is 60.7 Å². The maximum absolute atomic E-state index is 7.12. The molecule has 2 nitrogen and oxygen atoms in total. The molecule has 1 fully saturated rings. The molecule has 0 N–H and O–H groups in total. The van der Waals surface area contributed by atoms with Crippen LogP contribution in [-0.4, -0.2) is 21.3 Å². The summed E-state index contributed by atoms with van der Waals surface area (Å²) in [5, 5.41) is 2.46. The number of hydrogen-bond donors (Lipinski definition) is 0. The van der Waals surface area contributed by atoms with Gasteiger partial charge in [0.05, 0.1) is 6.10 Å². The Morgan fingerprint density at radius 2 is 1.44 bits per heavy atom. The maximum Gasteiger partial charge on any atom is 0.407 e. The minimum Gasteiger partial charge on any atom is -0.388 e. The van der Waals surface area contributed by atoms with Gasteiger partial charge in [-0.1, -0.05) is 100 Å². The molecule has 0 heterocycles. The Hall–Kier alpha value is -1.42. The number of rotatable bonds is 9. The average molecular weight is 383 g/mol. The van der Waals surface area contributed by atoms with Gasteiger partial charge in [0, 0.05) is 6.61 Å². The Bertz CT molecular complexity index is 619. The first-order chi connectivity index (χ1) is 13.3.